The standard InChI is InChI=1S/C23H22OP2S2/c1-25(27,20-13-7-3-8-14-20)23(19-11-5-2-6-12-19)22-17-18-24-26(22,28)21-15-9-4-10-16-21/h2-16H,17-18H2,1H3/b23-22+. The molecule has 5 heteroatoms. The lowest BCUT2D eigenvalue weighted by Gasteiger charge is -2.31. The van der Waals surface area contributed by atoms with Gasteiger partial charge in [-0.25, -0.2) is 4.52 Å². The predicted octanol–water partition coefficient (Wildman–Crippen LogP) is 5.93. The van der Waals surface area contributed by atoms with E-state index in [4.69, 9.17) is 28.6 Å². The van der Waals surface area contributed by atoms with E-state index >= 15 is 0 Å². The lowest BCUT2D eigenvalue weighted by atomic mass is 10.2. The van der Waals surface area contributed by atoms with Crippen molar-refractivity contribution in [1.82, 2.24) is 0 Å². The van der Waals surface area contributed by atoms with Crippen LogP contribution in [0.15, 0.2) is 96.3 Å². The van der Waals surface area contributed by atoms with Gasteiger partial charge in [-0.05, 0) is 29.7 Å². The first-order valence-corrected chi connectivity index (χ1v) is 15.2. The average Bonchev–Trinajstić information content (AvgIpc) is 3.12. The summed E-state index contributed by atoms with van der Waals surface area (Å²) in [5, 5.41) is 4.85. The molecule has 1 aliphatic heterocycles. The van der Waals surface area contributed by atoms with Crippen LogP contribution < -0.4 is 10.6 Å². The van der Waals surface area contributed by atoms with E-state index in [-0.39, 0.29) is 0 Å². The van der Waals surface area contributed by atoms with Crippen molar-refractivity contribution in [2.45, 2.75) is 6.42 Å². The Balaban J connectivity index is 2.00. The molecule has 28 heavy (non-hydrogen) atoms. The van der Waals surface area contributed by atoms with Crippen molar-refractivity contribution < 1.29 is 4.52 Å². The molecule has 0 aliphatic carbocycles. The Morgan fingerprint density at radius 2 is 1.43 bits per heavy atom. The Morgan fingerprint density at radius 1 is 0.893 bits per heavy atom. The van der Waals surface area contributed by atoms with Crippen LogP contribution in [0.4, 0.5) is 0 Å². The van der Waals surface area contributed by atoms with E-state index in [0.29, 0.717) is 6.61 Å². The molecule has 0 spiro atoms. The van der Waals surface area contributed by atoms with Gasteiger partial charge in [0.1, 0.15) is 5.30 Å². The quantitative estimate of drug-likeness (QED) is 0.368. The molecule has 0 aromatic heterocycles. The molecule has 0 radical (unpaired) electrons. The molecule has 0 bridgehead atoms. The normalized spacial score (nSPS) is 23.2. The summed E-state index contributed by atoms with van der Waals surface area (Å²) in [5.41, 5.74) is 1.18. The van der Waals surface area contributed by atoms with Crippen LogP contribution in [0, 0.1) is 0 Å². The minimum atomic E-state index is -2.30. The third-order valence-corrected chi connectivity index (χ3v) is 13.4. The number of benzene rings is 3. The zero-order valence-electron chi connectivity index (χ0n) is 15.7. The Morgan fingerprint density at radius 3 is 2.04 bits per heavy atom. The van der Waals surface area contributed by atoms with Crippen LogP contribution in [0.3, 0.4) is 0 Å². The molecule has 1 nitrogen and oxygen atoms in total. The molecule has 1 fully saturated rings. The second-order valence-electron chi connectivity index (χ2n) is 6.89. The number of hydrogen-bond acceptors (Lipinski definition) is 3. The molecular formula is C23H22OP2S2. The van der Waals surface area contributed by atoms with Gasteiger partial charge in [-0.2, -0.15) is 0 Å². The van der Waals surface area contributed by atoms with Crippen LogP contribution in [-0.2, 0) is 28.6 Å². The van der Waals surface area contributed by atoms with Gasteiger partial charge in [0.25, 0.3) is 0 Å². The van der Waals surface area contributed by atoms with Gasteiger partial charge in [-0.1, -0.05) is 90.7 Å². The van der Waals surface area contributed by atoms with Crippen molar-refractivity contribution in [3.05, 3.63) is 102 Å². The summed E-state index contributed by atoms with van der Waals surface area (Å²) in [7, 11) is 0. The molecule has 2 atom stereocenters. The van der Waals surface area contributed by atoms with Crippen LogP contribution in [-0.4, -0.2) is 13.3 Å². The van der Waals surface area contributed by atoms with Crippen molar-refractivity contribution >= 4 is 52.7 Å². The summed E-state index contributed by atoms with van der Waals surface area (Å²) >= 11 is 12.6. The van der Waals surface area contributed by atoms with Gasteiger partial charge in [-0.3, -0.25) is 0 Å². The molecule has 3 aromatic carbocycles. The van der Waals surface area contributed by atoms with Crippen LogP contribution in [0.1, 0.15) is 12.0 Å². The number of rotatable bonds is 4. The summed E-state index contributed by atoms with van der Waals surface area (Å²) in [6, 6.07) is 29.4. The maximum atomic E-state index is 6.37. The molecule has 3 aromatic rings. The average molecular weight is 441 g/mol. The molecule has 2 unspecified atom stereocenters. The van der Waals surface area contributed by atoms with Gasteiger partial charge in [0.15, 0.2) is 0 Å². The molecule has 4 rings (SSSR count). The van der Waals surface area contributed by atoms with E-state index in [1.165, 1.54) is 21.5 Å². The van der Waals surface area contributed by atoms with Crippen molar-refractivity contribution in [3.8, 4) is 0 Å². The van der Waals surface area contributed by atoms with Crippen LogP contribution in [0.2, 0.25) is 0 Å². The monoisotopic (exact) mass is 440 g/mol. The fourth-order valence-corrected chi connectivity index (χ4v) is 11.9. The highest BCUT2D eigenvalue weighted by atomic mass is 32.7. The van der Waals surface area contributed by atoms with Gasteiger partial charge in [0.2, 0.25) is 0 Å². The minimum absolute atomic E-state index is 0.669. The van der Waals surface area contributed by atoms with Crippen molar-refractivity contribution in [1.29, 1.82) is 0 Å². The van der Waals surface area contributed by atoms with Crippen molar-refractivity contribution in [2.24, 2.45) is 0 Å². The van der Waals surface area contributed by atoms with E-state index in [0.717, 1.165) is 11.7 Å². The van der Waals surface area contributed by atoms with E-state index in [9.17, 15) is 0 Å². The summed E-state index contributed by atoms with van der Waals surface area (Å²) in [6.07, 6.45) is 0.857. The van der Waals surface area contributed by atoms with Crippen molar-refractivity contribution in [3.63, 3.8) is 0 Å². The van der Waals surface area contributed by atoms with E-state index in [1.807, 2.05) is 30.3 Å². The molecular weight excluding hydrogens is 418 g/mol. The summed E-state index contributed by atoms with van der Waals surface area (Å²) in [4.78, 5) is 0. The van der Waals surface area contributed by atoms with E-state index in [2.05, 4.69) is 67.3 Å². The first-order valence-electron chi connectivity index (χ1n) is 9.26. The van der Waals surface area contributed by atoms with Crippen molar-refractivity contribution in [2.75, 3.05) is 13.3 Å². The molecule has 142 valence electrons. The zero-order valence-corrected chi connectivity index (χ0v) is 19.1. The van der Waals surface area contributed by atoms with Crippen LogP contribution in [0.25, 0.3) is 5.31 Å². The second kappa shape index (κ2) is 8.27. The molecule has 1 heterocycles. The molecule has 0 N–H and O–H groups in total. The smallest absolute Gasteiger partial charge is 0.107 e. The molecule has 0 saturated carbocycles. The second-order valence-corrected chi connectivity index (χ2v) is 15.9. The Labute approximate surface area is 178 Å². The Hall–Kier alpha value is -1.21. The maximum Gasteiger partial charge on any atom is 0.107 e. The van der Waals surface area contributed by atoms with Crippen LogP contribution in [0.5, 0.6) is 0 Å². The predicted molar refractivity (Wildman–Crippen MR) is 131 cm³/mol. The van der Waals surface area contributed by atoms with Crippen LogP contribution >= 0.6 is 12.7 Å². The first kappa shape index (κ1) is 20.1. The molecule has 0 amide bonds. The van der Waals surface area contributed by atoms with Gasteiger partial charge in [0.05, 0.1) is 18.6 Å². The summed E-state index contributed by atoms with van der Waals surface area (Å²) < 4.78 is 6.31. The van der Waals surface area contributed by atoms with E-state index < -0.39 is 12.7 Å². The maximum absolute atomic E-state index is 6.37. The van der Waals surface area contributed by atoms with Gasteiger partial charge in [0, 0.05) is 17.8 Å². The summed E-state index contributed by atoms with van der Waals surface area (Å²) in [5.74, 6) is 0. The lowest BCUT2D eigenvalue weighted by Crippen LogP contribution is -2.11. The fourth-order valence-electron chi connectivity index (χ4n) is 3.71. The lowest BCUT2D eigenvalue weighted by molar-refractivity contribution is 0.389. The van der Waals surface area contributed by atoms with Gasteiger partial charge < -0.3 is 12.2 Å². The fraction of sp³-hybridized carbons (Fsp3) is 0.130. The number of hydrogen-bond donors (Lipinski definition) is 0. The molecule has 1 aliphatic rings. The van der Waals surface area contributed by atoms with Gasteiger partial charge >= 0.3 is 0 Å². The van der Waals surface area contributed by atoms with E-state index in [1.54, 1.807) is 0 Å². The van der Waals surface area contributed by atoms with Gasteiger partial charge in [-0.15, -0.1) is 0 Å². The zero-order chi connectivity index (χ0) is 19.6. The highest BCUT2D eigenvalue weighted by molar-refractivity contribution is 8.45. The summed E-state index contributed by atoms with van der Waals surface area (Å²) in [6.45, 7) is 0.604. The third-order valence-electron chi connectivity index (χ3n) is 5.06. The first-order chi connectivity index (χ1) is 13.5. The Kier molecular flexibility index (Phi) is 5.93. The molecule has 1 saturated heterocycles. The highest BCUT2D eigenvalue weighted by Gasteiger charge is 2.43. The SMILES string of the molecule is CP(=S)(/C(=C1\CCO[P+]1([S-])c1ccccc1)c1ccccc1)c1ccccc1. The topological polar surface area (TPSA) is 9.23 Å². The highest BCUT2D eigenvalue weighted by Crippen LogP contribution is 2.74. The largest absolute Gasteiger partial charge is 0.514 e. The Bertz CT molecular complexity index is 1040. The third kappa shape index (κ3) is 3.67. The minimum Gasteiger partial charge on any atom is -0.514 e.